The third-order valence-corrected chi connectivity index (χ3v) is 7.41. The lowest BCUT2D eigenvalue weighted by Gasteiger charge is -2.19. The van der Waals surface area contributed by atoms with Crippen LogP contribution in [0.1, 0.15) is 12.8 Å². The van der Waals surface area contributed by atoms with Crippen LogP contribution in [0.15, 0.2) is 0 Å². The number of hydrogen-bond donors (Lipinski definition) is 6. The third-order valence-electron chi connectivity index (χ3n) is 2.13. The molecular formula is C7H20NO10P3. The molecule has 0 aromatic carbocycles. The number of nitrogens with two attached hydrogens (primary N) is 1. The molecule has 4 atom stereocenters. The minimum atomic E-state index is -5.27. The normalized spacial score (nSPS) is 22.0. The third kappa shape index (κ3) is 10.7. The summed E-state index contributed by atoms with van der Waals surface area (Å²) in [6, 6.07) is -0.614. The second-order valence-corrected chi connectivity index (χ2v) is 9.83. The zero-order chi connectivity index (χ0) is 16.7. The van der Waals surface area contributed by atoms with Crippen LogP contribution in [0.4, 0.5) is 0 Å². The molecule has 0 aromatic rings. The number of aliphatic hydroxyl groups is 2. The predicted molar refractivity (Wildman–Crippen MR) is 72.8 cm³/mol. The molecule has 0 saturated heterocycles. The number of phosphoric acid groups is 1. The summed E-state index contributed by atoms with van der Waals surface area (Å²) in [5.74, 6) is 0. The molecule has 0 rings (SSSR count). The molecule has 0 aliphatic carbocycles. The Morgan fingerprint density at radius 3 is 1.76 bits per heavy atom. The van der Waals surface area contributed by atoms with E-state index >= 15 is 0 Å². The Morgan fingerprint density at radius 2 is 1.33 bits per heavy atom. The van der Waals surface area contributed by atoms with Crippen molar-refractivity contribution in [2.45, 2.75) is 18.9 Å². The van der Waals surface area contributed by atoms with Crippen molar-refractivity contribution in [2.75, 3.05) is 25.5 Å². The van der Waals surface area contributed by atoms with Gasteiger partial charge in [-0.25, -0.2) is 13.2 Å². The first-order chi connectivity index (χ1) is 9.43. The molecule has 14 heteroatoms. The van der Waals surface area contributed by atoms with Crippen molar-refractivity contribution < 1.29 is 47.2 Å². The molecule has 0 bridgehead atoms. The molecule has 0 heterocycles. The molecule has 11 nitrogen and oxygen atoms in total. The SMILES string of the molecule is NC(CCO)CCP(=O)(O)OP(=O)(O)OP(=O)(O)CCO. The fraction of sp³-hybridized carbons (Fsp3) is 1.00. The summed E-state index contributed by atoms with van der Waals surface area (Å²) >= 11 is 0. The highest BCUT2D eigenvalue weighted by atomic mass is 31.3. The van der Waals surface area contributed by atoms with E-state index in [-0.39, 0.29) is 19.4 Å². The Kier molecular flexibility index (Phi) is 9.02. The molecule has 21 heavy (non-hydrogen) atoms. The molecule has 128 valence electrons. The first kappa shape index (κ1) is 21.4. The van der Waals surface area contributed by atoms with Crippen LogP contribution >= 0.6 is 23.0 Å². The molecule has 7 N–H and O–H groups in total. The van der Waals surface area contributed by atoms with Crippen LogP contribution < -0.4 is 5.73 Å². The van der Waals surface area contributed by atoms with Gasteiger partial charge in [-0.3, -0.25) is 9.13 Å². The highest BCUT2D eigenvalue weighted by Gasteiger charge is 2.39. The van der Waals surface area contributed by atoms with Gasteiger partial charge in [0.05, 0.1) is 18.9 Å². The summed E-state index contributed by atoms with van der Waals surface area (Å²) in [4.78, 5) is 27.6. The zero-order valence-electron chi connectivity index (χ0n) is 11.0. The molecule has 0 aliphatic rings. The van der Waals surface area contributed by atoms with Crippen molar-refractivity contribution >= 4 is 23.0 Å². The van der Waals surface area contributed by atoms with Gasteiger partial charge < -0.3 is 30.6 Å². The van der Waals surface area contributed by atoms with E-state index in [1.807, 2.05) is 0 Å². The predicted octanol–water partition coefficient (Wildman–Crippen LogP) is -0.417. The van der Waals surface area contributed by atoms with Crippen molar-refractivity contribution in [2.24, 2.45) is 5.73 Å². The summed E-state index contributed by atoms with van der Waals surface area (Å²) in [5.41, 5.74) is 5.47. The van der Waals surface area contributed by atoms with E-state index in [0.29, 0.717) is 0 Å². The maximum absolute atomic E-state index is 11.6. The van der Waals surface area contributed by atoms with E-state index in [9.17, 15) is 23.5 Å². The van der Waals surface area contributed by atoms with Crippen LogP contribution in [0, 0.1) is 0 Å². The Balaban J connectivity index is 4.58. The van der Waals surface area contributed by atoms with Gasteiger partial charge in [-0.2, -0.15) is 0 Å². The minimum absolute atomic E-state index is 0.0816. The fourth-order valence-corrected chi connectivity index (χ4v) is 5.72. The van der Waals surface area contributed by atoms with Crippen LogP contribution in [0.25, 0.3) is 0 Å². The topological polar surface area (TPSA) is 197 Å². The van der Waals surface area contributed by atoms with E-state index in [1.165, 1.54) is 0 Å². The fourth-order valence-electron chi connectivity index (χ4n) is 1.18. The van der Waals surface area contributed by atoms with E-state index in [1.54, 1.807) is 0 Å². The summed E-state index contributed by atoms with van der Waals surface area (Å²) in [6.45, 7) is -1.02. The molecule has 0 aromatic heterocycles. The van der Waals surface area contributed by atoms with Crippen molar-refractivity contribution in [1.82, 2.24) is 0 Å². The number of aliphatic hydroxyl groups excluding tert-OH is 2. The van der Waals surface area contributed by atoms with Crippen molar-refractivity contribution in [1.29, 1.82) is 0 Å². The molecule has 0 spiro atoms. The van der Waals surface area contributed by atoms with Gasteiger partial charge in [0.2, 0.25) is 0 Å². The standard InChI is InChI=1S/C7H20NO10P3/c8-7(1-3-9)2-5-19(11,12)17-21(15,16)18-20(13,14)6-4-10/h7,9-10H,1-6,8H2,(H,11,12)(H,13,14)(H,15,16). The molecule has 0 aliphatic heterocycles. The van der Waals surface area contributed by atoms with Crippen LogP contribution in [0.2, 0.25) is 0 Å². The lowest BCUT2D eigenvalue weighted by atomic mass is 10.2. The van der Waals surface area contributed by atoms with Crippen LogP contribution in [-0.2, 0) is 22.3 Å². The maximum Gasteiger partial charge on any atom is 0.486 e. The molecule has 0 radical (unpaired) electrons. The average Bonchev–Trinajstić information content (AvgIpc) is 2.23. The lowest BCUT2D eigenvalue weighted by Crippen LogP contribution is -2.22. The Morgan fingerprint density at radius 1 is 0.857 bits per heavy atom. The van der Waals surface area contributed by atoms with Crippen LogP contribution in [-0.4, -0.2) is 56.5 Å². The van der Waals surface area contributed by atoms with Crippen LogP contribution in [0.3, 0.4) is 0 Å². The maximum atomic E-state index is 11.6. The Hall–Kier alpha value is 0.370. The van der Waals surface area contributed by atoms with Crippen LogP contribution in [0.5, 0.6) is 0 Å². The smallest absolute Gasteiger partial charge is 0.396 e. The first-order valence-corrected chi connectivity index (χ1v) is 10.8. The van der Waals surface area contributed by atoms with E-state index in [2.05, 4.69) is 8.62 Å². The number of rotatable bonds is 11. The van der Waals surface area contributed by atoms with E-state index in [4.69, 9.17) is 20.8 Å². The van der Waals surface area contributed by atoms with Gasteiger partial charge in [-0.05, 0) is 12.8 Å². The van der Waals surface area contributed by atoms with Crippen molar-refractivity contribution in [3.8, 4) is 0 Å². The van der Waals surface area contributed by atoms with Gasteiger partial charge in [0, 0.05) is 12.6 Å². The van der Waals surface area contributed by atoms with Gasteiger partial charge in [0.15, 0.2) is 0 Å². The number of hydrogen-bond acceptors (Lipinski definition) is 8. The van der Waals surface area contributed by atoms with Gasteiger partial charge in [-0.15, -0.1) is 0 Å². The van der Waals surface area contributed by atoms with Gasteiger partial charge in [-0.1, -0.05) is 0 Å². The highest BCUT2D eigenvalue weighted by molar-refractivity contribution is 7.69. The molecule has 0 saturated carbocycles. The Labute approximate surface area is 121 Å². The summed E-state index contributed by atoms with van der Waals surface area (Å²) < 4.78 is 42.1. The minimum Gasteiger partial charge on any atom is -0.396 e. The molecule has 0 amide bonds. The average molecular weight is 371 g/mol. The molecule has 4 unspecified atom stereocenters. The van der Waals surface area contributed by atoms with E-state index in [0.717, 1.165) is 0 Å². The lowest BCUT2D eigenvalue weighted by molar-refractivity contribution is 0.247. The summed E-state index contributed by atoms with van der Waals surface area (Å²) in [7, 11) is -14.5. The summed E-state index contributed by atoms with van der Waals surface area (Å²) in [5, 5.41) is 17.1. The molecule has 0 fully saturated rings. The van der Waals surface area contributed by atoms with Crippen molar-refractivity contribution in [3.05, 3.63) is 0 Å². The first-order valence-electron chi connectivity index (χ1n) is 5.79. The molecular weight excluding hydrogens is 351 g/mol. The zero-order valence-corrected chi connectivity index (χ0v) is 13.7. The van der Waals surface area contributed by atoms with E-state index < -0.39 is 48.0 Å². The quantitative estimate of drug-likeness (QED) is 0.258. The van der Waals surface area contributed by atoms with Gasteiger partial charge >= 0.3 is 23.0 Å². The largest absolute Gasteiger partial charge is 0.486 e. The summed E-state index contributed by atoms with van der Waals surface area (Å²) in [6.07, 6.45) is -1.35. The monoisotopic (exact) mass is 371 g/mol. The second kappa shape index (κ2) is 8.86. The Bertz CT molecular complexity index is 456. The highest BCUT2D eigenvalue weighted by Crippen LogP contribution is 2.67. The van der Waals surface area contributed by atoms with Gasteiger partial charge in [0.1, 0.15) is 0 Å². The second-order valence-electron chi connectivity index (χ2n) is 4.14. The van der Waals surface area contributed by atoms with Gasteiger partial charge in [0.25, 0.3) is 0 Å². The van der Waals surface area contributed by atoms with Crippen molar-refractivity contribution in [3.63, 3.8) is 0 Å².